The lowest BCUT2D eigenvalue weighted by atomic mass is 9.82. The van der Waals surface area contributed by atoms with Crippen molar-refractivity contribution in [3.05, 3.63) is 29.8 Å². The third kappa shape index (κ3) is 3.17. The maximum Gasteiger partial charge on any atom is 0.120 e. The molecule has 1 heterocycles. The van der Waals surface area contributed by atoms with E-state index >= 15 is 0 Å². The van der Waals surface area contributed by atoms with Gasteiger partial charge in [0.15, 0.2) is 0 Å². The number of rotatable bonds is 3. The monoisotopic (exact) mass is 251 g/mol. The topological polar surface area (TPSA) is 32.3 Å². The van der Waals surface area contributed by atoms with Crippen LogP contribution in [-0.2, 0) is 6.54 Å². The lowest BCUT2D eigenvalue weighted by molar-refractivity contribution is 0.244. The molecule has 0 saturated carbocycles. The fourth-order valence-electron chi connectivity index (χ4n) is 2.16. The van der Waals surface area contributed by atoms with Crippen molar-refractivity contribution < 1.29 is 5.11 Å². The highest BCUT2D eigenvalue weighted by Gasteiger charge is 2.32. The fourth-order valence-corrected chi connectivity index (χ4v) is 3.81. The summed E-state index contributed by atoms with van der Waals surface area (Å²) in [5.74, 6) is 2.82. The van der Waals surface area contributed by atoms with Gasteiger partial charge in [-0.15, -0.1) is 0 Å². The Hall–Kier alpha value is -0.670. The Morgan fingerprint density at radius 3 is 2.88 bits per heavy atom. The smallest absolute Gasteiger partial charge is 0.120 e. The van der Waals surface area contributed by atoms with Crippen LogP contribution in [-0.4, -0.2) is 22.7 Å². The Morgan fingerprint density at radius 1 is 1.41 bits per heavy atom. The Labute approximate surface area is 108 Å². The van der Waals surface area contributed by atoms with Gasteiger partial charge >= 0.3 is 0 Å². The van der Waals surface area contributed by atoms with Crippen molar-refractivity contribution >= 4 is 11.8 Å². The summed E-state index contributed by atoms with van der Waals surface area (Å²) in [6.45, 7) is 5.41. The molecule has 1 aromatic carbocycles. The number of aromatic hydroxyl groups is 1. The second-order valence-corrected chi connectivity index (χ2v) is 6.53. The second-order valence-electron chi connectivity index (χ2n) is 5.38. The van der Waals surface area contributed by atoms with Crippen LogP contribution in [0.25, 0.3) is 0 Å². The molecule has 1 saturated heterocycles. The first kappa shape index (κ1) is 12.8. The van der Waals surface area contributed by atoms with Crippen molar-refractivity contribution in [2.45, 2.75) is 32.9 Å². The van der Waals surface area contributed by atoms with Gasteiger partial charge in [-0.05, 0) is 23.7 Å². The predicted molar refractivity (Wildman–Crippen MR) is 74.5 cm³/mol. The fraction of sp³-hybridized carbons (Fsp3) is 0.571. The summed E-state index contributed by atoms with van der Waals surface area (Å²) in [4.78, 5) is 0. The lowest BCUT2D eigenvalue weighted by Gasteiger charge is -2.39. The van der Waals surface area contributed by atoms with Crippen molar-refractivity contribution in [2.75, 3.05) is 11.5 Å². The maximum absolute atomic E-state index is 9.72. The number of hydrogen-bond acceptors (Lipinski definition) is 3. The van der Waals surface area contributed by atoms with Gasteiger partial charge in [-0.25, -0.2) is 0 Å². The average Bonchev–Trinajstić information content (AvgIpc) is 2.29. The van der Waals surface area contributed by atoms with Gasteiger partial charge in [0.05, 0.1) is 0 Å². The van der Waals surface area contributed by atoms with E-state index in [2.05, 4.69) is 19.2 Å². The zero-order chi connectivity index (χ0) is 12.3. The van der Waals surface area contributed by atoms with Crippen molar-refractivity contribution in [3.8, 4) is 5.75 Å². The zero-order valence-corrected chi connectivity index (χ0v) is 11.4. The molecular weight excluding hydrogens is 230 g/mol. The molecule has 2 rings (SSSR count). The summed E-state index contributed by atoms with van der Waals surface area (Å²) in [6.07, 6.45) is 1.26. The van der Waals surface area contributed by atoms with Crippen molar-refractivity contribution in [3.63, 3.8) is 0 Å². The van der Waals surface area contributed by atoms with E-state index in [0.29, 0.717) is 17.2 Å². The van der Waals surface area contributed by atoms with Crippen LogP contribution in [0.2, 0.25) is 0 Å². The predicted octanol–water partition coefficient (Wildman–Crippen LogP) is 3.01. The van der Waals surface area contributed by atoms with Crippen LogP contribution in [0.1, 0.15) is 25.8 Å². The molecule has 0 bridgehead atoms. The number of nitrogens with one attached hydrogen (secondary N) is 1. The highest BCUT2D eigenvalue weighted by molar-refractivity contribution is 7.99. The molecule has 17 heavy (non-hydrogen) atoms. The number of thioether (sulfide) groups is 1. The van der Waals surface area contributed by atoms with Crippen molar-refractivity contribution in [1.82, 2.24) is 5.32 Å². The third-order valence-electron chi connectivity index (χ3n) is 3.65. The first-order valence-electron chi connectivity index (χ1n) is 6.17. The molecule has 1 unspecified atom stereocenters. The molecule has 1 aliphatic heterocycles. The van der Waals surface area contributed by atoms with Crippen LogP contribution >= 0.6 is 11.8 Å². The Balaban J connectivity index is 1.96. The first-order valence-corrected chi connectivity index (χ1v) is 7.33. The Kier molecular flexibility index (Phi) is 4.00. The van der Waals surface area contributed by atoms with E-state index in [1.807, 2.05) is 30.0 Å². The van der Waals surface area contributed by atoms with E-state index in [1.54, 1.807) is 6.07 Å². The van der Waals surface area contributed by atoms with Crippen LogP contribution in [0.5, 0.6) is 5.75 Å². The number of phenols is 1. The Morgan fingerprint density at radius 2 is 2.18 bits per heavy atom. The second kappa shape index (κ2) is 5.32. The van der Waals surface area contributed by atoms with Crippen molar-refractivity contribution in [1.29, 1.82) is 0 Å². The molecule has 94 valence electrons. The van der Waals surface area contributed by atoms with Gasteiger partial charge < -0.3 is 10.4 Å². The quantitative estimate of drug-likeness (QED) is 0.866. The van der Waals surface area contributed by atoms with E-state index in [0.717, 1.165) is 12.1 Å². The molecule has 0 spiro atoms. The van der Waals surface area contributed by atoms with Crippen LogP contribution in [0.15, 0.2) is 24.3 Å². The van der Waals surface area contributed by atoms with Gasteiger partial charge in [-0.1, -0.05) is 32.0 Å². The molecule has 1 aromatic rings. The normalized spacial score (nSPS) is 23.5. The van der Waals surface area contributed by atoms with E-state index in [1.165, 1.54) is 17.9 Å². The molecule has 3 heteroatoms. The summed E-state index contributed by atoms with van der Waals surface area (Å²) in [7, 11) is 0. The van der Waals surface area contributed by atoms with Crippen molar-refractivity contribution in [2.24, 2.45) is 5.41 Å². The highest BCUT2D eigenvalue weighted by atomic mass is 32.2. The van der Waals surface area contributed by atoms with Gasteiger partial charge in [-0.2, -0.15) is 11.8 Å². The van der Waals surface area contributed by atoms with Crippen LogP contribution in [0.4, 0.5) is 0 Å². The summed E-state index contributed by atoms with van der Waals surface area (Å²) in [5.41, 5.74) is 1.34. The molecule has 1 atom stereocenters. The lowest BCUT2D eigenvalue weighted by Crippen LogP contribution is -2.46. The van der Waals surface area contributed by atoms with Gasteiger partial charge in [-0.3, -0.25) is 0 Å². The SMILES string of the molecule is CC1(C)CCSCC1NCc1ccccc1O. The molecule has 0 aliphatic carbocycles. The van der Waals surface area contributed by atoms with E-state index in [-0.39, 0.29) is 0 Å². The summed E-state index contributed by atoms with van der Waals surface area (Å²) in [5, 5.41) is 13.3. The van der Waals surface area contributed by atoms with E-state index in [9.17, 15) is 5.11 Å². The molecule has 2 N–H and O–H groups in total. The summed E-state index contributed by atoms with van der Waals surface area (Å²) in [6, 6.07) is 8.08. The minimum absolute atomic E-state index is 0.357. The van der Waals surface area contributed by atoms with Crippen LogP contribution in [0, 0.1) is 5.41 Å². The van der Waals surface area contributed by atoms with Crippen LogP contribution in [0.3, 0.4) is 0 Å². The van der Waals surface area contributed by atoms with Crippen LogP contribution < -0.4 is 5.32 Å². The maximum atomic E-state index is 9.72. The number of hydrogen-bond donors (Lipinski definition) is 2. The molecule has 1 fully saturated rings. The summed E-state index contributed by atoms with van der Waals surface area (Å²) >= 11 is 2.02. The zero-order valence-electron chi connectivity index (χ0n) is 10.6. The molecule has 0 aromatic heterocycles. The Bertz CT molecular complexity index is 378. The van der Waals surface area contributed by atoms with Gasteiger partial charge in [0.1, 0.15) is 5.75 Å². The molecule has 0 radical (unpaired) electrons. The number of benzene rings is 1. The molecule has 2 nitrogen and oxygen atoms in total. The minimum Gasteiger partial charge on any atom is -0.508 e. The third-order valence-corrected chi connectivity index (χ3v) is 4.71. The van der Waals surface area contributed by atoms with E-state index < -0.39 is 0 Å². The minimum atomic E-state index is 0.357. The average molecular weight is 251 g/mol. The van der Waals surface area contributed by atoms with Gasteiger partial charge in [0, 0.05) is 23.9 Å². The van der Waals surface area contributed by atoms with E-state index in [4.69, 9.17) is 0 Å². The largest absolute Gasteiger partial charge is 0.508 e. The standard InChI is InChI=1S/C14H21NOS/c1-14(2)7-8-17-10-13(14)15-9-11-5-3-4-6-12(11)16/h3-6,13,15-16H,7-10H2,1-2H3. The van der Waals surface area contributed by atoms with Gasteiger partial charge in [0.2, 0.25) is 0 Å². The first-order chi connectivity index (χ1) is 8.09. The molecule has 1 aliphatic rings. The molecule has 0 amide bonds. The van der Waals surface area contributed by atoms with Gasteiger partial charge in [0.25, 0.3) is 0 Å². The summed E-state index contributed by atoms with van der Waals surface area (Å²) < 4.78 is 0. The number of para-hydroxylation sites is 1. The highest BCUT2D eigenvalue weighted by Crippen LogP contribution is 2.34. The molecular formula is C14H21NOS. The number of phenolic OH excluding ortho intramolecular Hbond substituents is 1.